The van der Waals surface area contributed by atoms with Crippen molar-refractivity contribution in [3.63, 3.8) is 0 Å². The molecule has 1 aliphatic heterocycles. The molecule has 1 aliphatic rings. The van der Waals surface area contributed by atoms with Crippen LogP contribution in [0.3, 0.4) is 0 Å². The van der Waals surface area contributed by atoms with E-state index >= 15 is 0 Å². The third-order valence-electron chi connectivity index (χ3n) is 2.94. The van der Waals surface area contributed by atoms with Gasteiger partial charge in [-0.1, -0.05) is 60.7 Å². The van der Waals surface area contributed by atoms with Crippen molar-refractivity contribution in [2.45, 2.75) is 0 Å². The van der Waals surface area contributed by atoms with Crippen LogP contribution in [0.25, 0.3) is 11.4 Å². The van der Waals surface area contributed by atoms with Crippen molar-refractivity contribution in [1.29, 1.82) is 0 Å². The number of nitrogens with zero attached hydrogens (tertiary/aromatic N) is 1. The summed E-state index contributed by atoms with van der Waals surface area (Å²) in [5.74, 6) is 0. The molecule has 88 valence electrons. The first-order valence-corrected chi connectivity index (χ1v) is 6.06. The molecule has 1 heterocycles. The Morgan fingerprint density at radius 3 is 2.06 bits per heavy atom. The molecule has 2 aromatic rings. The molecule has 2 heteroatoms. The number of hydrogen-bond donors (Lipinski definition) is 1. The molecular weight excluding hydrogens is 220 g/mol. The van der Waals surface area contributed by atoms with Gasteiger partial charge in [0, 0.05) is 11.8 Å². The monoisotopic (exact) mass is 234 g/mol. The third-order valence-corrected chi connectivity index (χ3v) is 2.94. The third kappa shape index (κ3) is 2.05. The number of aliphatic imine (C=N–C) groups is 1. The zero-order valence-corrected chi connectivity index (χ0v) is 10.0. The molecule has 0 saturated carbocycles. The minimum absolute atomic E-state index is 0.778. The van der Waals surface area contributed by atoms with Gasteiger partial charge in [-0.2, -0.15) is 0 Å². The molecule has 3 rings (SSSR count). The maximum absolute atomic E-state index is 4.55. The summed E-state index contributed by atoms with van der Waals surface area (Å²) in [6, 6.07) is 20.6. The molecule has 0 amide bonds. The van der Waals surface area contributed by atoms with E-state index in [0.717, 1.165) is 23.5 Å². The molecule has 0 atom stereocenters. The predicted octanol–water partition coefficient (Wildman–Crippen LogP) is 3.19. The fraction of sp³-hybridized carbons (Fsp3) is 0.0625. The topological polar surface area (TPSA) is 24.4 Å². The molecule has 0 saturated heterocycles. The highest BCUT2D eigenvalue weighted by Gasteiger charge is 2.12. The Morgan fingerprint density at radius 1 is 0.778 bits per heavy atom. The minimum Gasteiger partial charge on any atom is -0.378 e. The van der Waals surface area contributed by atoms with Crippen molar-refractivity contribution in [2.75, 3.05) is 6.54 Å². The van der Waals surface area contributed by atoms with Crippen molar-refractivity contribution >= 4 is 17.6 Å². The van der Waals surface area contributed by atoms with Crippen molar-refractivity contribution in [1.82, 2.24) is 5.32 Å². The smallest absolute Gasteiger partial charge is 0.0936 e. The maximum atomic E-state index is 4.55. The molecule has 0 fully saturated rings. The molecule has 0 unspecified atom stereocenters. The first kappa shape index (κ1) is 10.8. The van der Waals surface area contributed by atoms with Crippen LogP contribution < -0.4 is 5.32 Å². The van der Waals surface area contributed by atoms with Crippen molar-refractivity contribution < 1.29 is 0 Å². The quantitative estimate of drug-likeness (QED) is 0.848. The first-order valence-electron chi connectivity index (χ1n) is 6.06. The summed E-state index contributed by atoms with van der Waals surface area (Å²) in [6.45, 7) is 0.778. The number of nitrogens with one attached hydrogen (secondary N) is 1. The summed E-state index contributed by atoms with van der Waals surface area (Å²) in [4.78, 5) is 4.55. The maximum Gasteiger partial charge on any atom is 0.0936 e. The van der Waals surface area contributed by atoms with Crippen LogP contribution in [0.1, 0.15) is 11.1 Å². The summed E-state index contributed by atoms with van der Waals surface area (Å²) < 4.78 is 0. The van der Waals surface area contributed by atoms with Crippen LogP contribution >= 0.6 is 0 Å². The van der Waals surface area contributed by atoms with Gasteiger partial charge < -0.3 is 5.32 Å². The van der Waals surface area contributed by atoms with E-state index in [1.54, 1.807) is 0 Å². The van der Waals surface area contributed by atoms with E-state index in [1.165, 1.54) is 5.56 Å². The average Bonchev–Trinajstić information content (AvgIpc) is 2.49. The largest absolute Gasteiger partial charge is 0.378 e. The Kier molecular flexibility index (Phi) is 2.92. The van der Waals surface area contributed by atoms with Crippen LogP contribution in [0.2, 0.25) is 0 Å². The highest BCUT2D eigenvalue weighted by molar-refractivity contribution is 5.95. The van der Waals surface area contributed by atoms with E-state index in [4.69, 9.17) is 0 Å². The standard InChI is InChI=1S/C16H14N2/c1-3-7-13(8-4-1)15-16(18-12-11-17-15)14-9-5-2-6-10-14/h1-11,18H,12H2. The lowest BCUT2D eigenvalue weighted by Crippen LogP contribution is -2.19. The highest BCUT2D eigenvalue weighted by atomic mass is 15.0. The van der Waals surface area contributed by atoms with Crippen LogP contribution in [-0.2, 0) is 0 Å². The second kappa shape index (κ2) is 4.88. The summed E-state index contributed by atoms with van der Waals surface area (Å²) in [6.07, 6.45) is 1.91. The van der Waals surface area contributed by atoms with Gasteiger partial charge in [-0.3, -0.25) is 4.99 Å². The van der Waals surface area contributed by atoms with E-state index in [0.29, 0.717) is 0 Å². The van der Waals surface area contributed by atoms with Gasteiger partial charge >= 0.3 is 0 Å². The van der Waals surface area contributed by atoms with E-state index in [2.05, 4.69) is 34.6 Å². The van der Waals surface area contributed by atoms with Crippen LogP contribution in [0.4, 0.5) is 0 Å². The summed E-state index contributed by atoms with van der Waals surface area (Å²) in [7, 11) is 0. The Hall–Kier alpha value is -2.35. The van der Waals surface area contributed by atoms with Crippen molar-refractivity contribution in [3.8, 4) is 0 Å². The van der Waals surface area contributed by atoms with Gasteiger partial charge in [-0.05, 0) is 5.56 Å². The second-order valence-electron chi connectivity index (χ2n) is 4.15. The molecule has 0 aromatic heterocycles. The summed E-state index contributed by atoms with van der Waals surface area (Å²) in [5, 5.41) is 3.41. The molecule has 0 radical (unpaired) electrons. The Labute approximate surface area is 107 Å². The zero-order chi connectivity index (χ0) is 12.2. The first-order chi connectivity index (χ1) is 8.95. The second-order valence-corrected chi connectivity index (χ2v) is 4.15. The minimum atomic E-state index is 0.778. The summed E-state index contributed by atoms with van der Waals surface area (Å²) in [5.41, 5.74) is 4.42. The van der Waals surface area contributed by atoms with Crippen LogP contribution in [0.5, 0.6) is 0 Å². The number of hydrogen-bond acceptors (Lipinski definition) is 2. The molecule has 0 aliphatic carbocycles. The van der Waals surface area contributed by atoms with Crippen molar-refractivity contribution in [2.24, 2.45) is 4.99 Å². The molecule has 1 N–H and O–H groups in total. The fourth-order valence-electron chi connectivity index (χ4n) is 2.09. The van der Waals surface area contributed by atoms with E-state index in [1.807, 2.05) is 42.6 Å². The zero-order valence-electron chi connectivity index (χ0n) is 10.0. The van der Waals surface area contributed by atoms with Crippen LogP contribution in [-0.4, -0.2) is 12.8 Å². The molecule has 2 nitrogen and oxygen atoms in total. The highest BCUT2D eigenvalue weighted by Crippen LogP contribution is 2.26. The average molecular weight is 234 g/mol. The lowest BCUT2D eigenvalue weighted by atomic mass is 10.0. The SMILES string of the molecule is C1=NC(c2ccccc2)=C(c2ccccc2)NC1. The van der Waals surface area contributed by atoms with Gasteiger partial charge in [0.1, 0.15) is 0 Å². The van der Waals surface area contributed by atoms with Gasteiger partial charge in [-0.15, -0.1) is 0 Å². The number of rotatable bonds is 2. The molecule has 0 bridgehead atoms. The fourth-order valence-corrected chi connectivity index (χ4v) is 2.09. The van der Waals surface area contributed by atoms with Crippen molar-refractivity contribution in [3.05, 3.63) is 71.8 Å². The predicted molar refractivity (Wildman–Crippen MR) is 76.2 cm³/mol. The van der Waals surface area contributed by atoms with Crippen LogP contribution in [0.15, 0.2) is 65.7 Å². The summed E-state index contributed by atoms with van der Waals surface area (Å²) >= 11 is 0. The lowest BCUT2D eigenvalue weighted by molar-refractivity contribution is 1.04. The lowest BCUT2D eigenvalue weighted by Gasteiger charge is -2.17. The molecule has 0 spiro atoms. The van der Waals surface area contributed by atoms with Gasteiger partial charge in [0.15, 0.2) is 0 Å². The van der Waals surface area contributed by atoms with E-state index < -0.39 is 0 Å². The Bertz CT molecular complexity index is 583. The van der Waals surface area contributed by atoms with E-state index in [9.17, 15) is 0 Å². The van der Waals surface area contributed by atoms with Crippen LogP contribution in [0, 0.1) is 0 Å². The molecule has 2 aromatic carbocycles. The Morgan fingerprint density at radius 2 is 1.39 bits per heavy atom. The number of benzene rings is 2. The molecule has 18 heavy (non-hydrogen) atoms. The normalized spacial score (nSPS) is 14.4. The Balaban J connectivity index is 2.13. The molecular formula is C16H14N2. The van der Waals surface area contributed by atoms with Gasteiger partial charge in [-0.25, -0.2) is 0 Å². The van der Waals surface area contributed by atoms with Gasteiger partial charge in [0.05, 0.1) is 17.9 Å². The van der Waals surface area contributed by atoms with Gasteiger partial charge in [0.25, 0.3) is 0 Å². The van der Waals surface area contributed by atoms with Gasteiger partial charge in [0.2, 0.25) is 0 Å². The van der Waals surface area contributed by atoms with E-state index in [-0.39, 0.29) is 0 Å².